The van der Waals surface area contributed by atoms with E-state index in [2.05, 4.69) is 20.2 Å². The number of H-pyrrole nitrogens is 1. The van der Waals surface area contributed by atoms with Crippen LogP contribution >= 0.6 is 0 Å². The van der Waals surface area contributed by atoms with Crippen LogP contribution in [0.5, 0.6) is 0 Å². The monoisotopic (exact) mass is 311 g/mol. The third-order valence-electron chi connectivity index (χ3n) is 3.91. The van der Waals surface area contributed by atoms with E-state index in [9.17, 15) is 13.2 Å². The van der Waals surface area contributed by atoms with Crippen LogP contribution in [0.2, 0.25) is 0 Å². The molecule has 0 spiro atoms. The molecular weight excluding hydrogens is 295 g/mol. The van der Waals surface area contributed by atoms with E-state index in [1.54, 1.807) is 0 Å². The molecule has 118 valence electrons. The largest absolute Gasteiger partial charge is 0.418 e. The maximum atomic E-state index is 13.1. The Kier molecular flexibility index (Phi) is 4.10. The number of likely N-dealkylation sites (tertiary alicyclic amines) is 1. The van der Waals surface area contributed by atoms with Crippen molar-refractivity contribution in [1.29, 1.82) is 0 Å². The molecular formula is C14H16F3N5. The zero-order valence-corrected chi connectivity index (χ0v) is 11.8. The van der Waals surface area contributed by atoms with E-state index in [0.29, 0.717) is 5.82 Å². The summed E-state index contributed by atoms with van der Waals surface area (Å²) in [5.41, 5.74) is -0.613. The van der Waals surface area contributed by atoms with Crippen molar-refractivity contribution < 1.29 is 13.2 Å². The first-order valence-corrected chi connectivity index (χ1v) is 7.16. The molecule has 3 rings (SSSR count). The lowest BCUT2D eigenvalue weighted by Gasteiger charge is -2.34. The molecule has 2 aromatic heterocycles. The number of aromatic nitrogens is 4. The fourth-order valence-corrected chi connectivity index (χ4v) is 2.88. The van der Waals surface area contributed by atoms with E-state index < -0.39 is 11.7 Å². The standard InChI is InChI=1S/C14H16F3N5/c15-14(16,17)10-4-3-6-18-11(10)8-22-7-2-1-5-12(22)13-19-9-20-21-13/h3-4,6,9,12H,1-2,5,7-8H2,(H,19,20,21)/t12-/m0/s1. The van der Waals surface area contributed by atoms with Gasteiger partial charge in [-0.3, -0.25) is 15.0 Å². The quantitative estimate of drug-likeness (QED) is 0.947. The van der Waals surface area contributed by atoms with Gasteiger partial charge in [-0.1, -0.05) is 6.42 Å². The lowest BCUT2D eigenvalue weighted by Crippen LogP contribution is -2.34. The first-order chi connectivity index (χ1) is 10.6. The van der Waals surface area contributed by atoms with Crippen LogP contribution in [0.3, 0.4) is 0 Å². The van der Waals surface area contributed by atoms with Crippen molar-refractivity contribution in [3.8, 4) is 0 Å². The molecule has 8 heteroatoms. The second-order valence-electron chi connectivity index (χ2n) is 5.35. The molecule has 22 heavy (non-hydrogen) atoms. The number of alkyl halides is 3. The minimum Gasteiger partial charge on any atom is -0.288 e. The van der Waals surface area contributed by atoms with Gasteiger partial charge in [0.1, 0.15) is 12.2 Å². The number of aromatic amines is 1. The van der Waals surface area contributed by atoms with Gasteiger partial charge in [-0.05, 0) is 31.5 Å². The van der Waals surface area contributed by atoms with Gasteiger partial charge in [0.05, 0.1) is 17.3 Å². The van der Waals surface area contributed by atoms with Gasteiger partial charge in [-0.15, -0.1) is 0 Å². The van der Waals surface area contributed by atoms with Crippen LogP contribution in [0.25, 0.3) is 0 Å². The van der Waals surface area contributed by atoms with E-state index in [-0.39, 0.29) is 18.3 Å². The molecule has 3 heterocycles. The topological polar surface area (TPSA) is 57.7 Å². The first-order valence-electron chi connectivity index (χ1n) is 7.16. The minimum absolute atomic E-state index is 0.0423. The second kappa shape index (κ2) is 6.04. The zero-order chi connectivity index (χ0) is 15.6. The SMILES string of the molecule is FC(F)(F)c1cccnc1CN1CCCC[C@H]1c1ncn[nH]1. The molecule has 0 radical (unpaired) electrons. The zero-order valence-electron chi connectivity index (χ0n) is 11.8. The van der Waals surface area contributed by atoms with E-state index in [0.717, 1.165) is 31.9 Å². The highest BCUT2D eigenvalue weighted by molar-refractivity contribution is 5.23. The van der Waals surface area contributed by atoms with E-state index >= 15 is 0 Å². The molecule has 1 N–H and O–H groups in total. The summed E-state index contributed by atoms with van der Waals surface area (Å²) in [6.45, 7) is 0.875. The molecule has 1 aliphatic heterocycles. The minimum atomic E-state index is -4.39. The summed E-state index contributed by atoms with van der Waals surface area (Å²) in [5.74, 6) is 0.698. The normalized spacial score (nSPS) is 20.2. The van der Waals surface area contributed by atoms with Crippen molar-refractivity contribution >= 4 is 0 Å². The van der Waals surface area contributed by atoms with E-state index in [1.807, 2.05) is 4.90 Å². The number of nitrogens with zero attached hydrogens (tertiary/aromatic N) is 4. The highest BCUT2D eigenvalue weighted by Gasteiger charge is 2.35. The van der Waals surface area contributed by atoms with Crippen LogP contribution in [-0.2, 0) is 12.7 Å². The number of piperidine rings is 1. The van der Waals surface area contributed by atoms with Crippen molar-refractivity contribution in [3.05, 3.63) is 41.7 Å². The number of halogens is 3. The Labute approximate surface area is 125 Å². The third kappa shape index (κ3) is 3.11. The van der Waals surface area contributed by atoms with Crippen LogP contribution in [0, 0.1) is 0 Å². The Bertz CT molecular complexity index is 611. The van der Waals surface area contributed by atoms with Crippen LogP contribution < -0.4 is 0 Å². The van der Waals surface area contributed by atoms with Crippen molar-refractivity contribution in [2.45, 2.75) is 38.0 Å². The van der Waals surface area contributed by atoms with Gasteiger partial charge in [0.25, 0.3) is 0 Å². The highest BCUT2D eigenvalue weighted by Crippen LogP contribution is 2.34. The maximum Gasteiger partial charge on any atom is 0.418 e. The van der Waals surface area contributed by atoms with Gasteiger partial charge in [-0.2, -0.15) is 18.3 Å². The fourth-order valence-electron chi connectivity index (χ4n) is 2.88. The third-order valence-corrected chi connectivity index (χ3v) is 3.91. The smallest absolute Gasteiger partial charge is 0.288 e. The van der Waals surface area contributed by atoms with Crippen LogP contribution in [0.15, 0.2) is 24.7 Å². The summed E-state index contributed by atoms with van der Waals surface area (Å²) in [7, 11) is 0. The van der Waals surface area contributed by atoms with E-state index in [4.69, 9.17) is 0 Å². The molecule has 5 nitrogen and oxygen atoms in total. The molecule has 0 aliphatic carbocycles. The van der Waals surface area contributed by atoms with Gasteiger partial charge >= 0.3 is 6.18 Å². The average Bonchev–Trinajstić information content (AvgIpc) is 3.01. The highest BCUT2D eigenvalue weighted by atomic mass is 19.4. The lowest BCUT2D eigenvalue weighted by atomic mass is 10.0. The van der Waals surface area contributed by atoms with Crippen molar-refractivity contribution in [2.24, 2.45) is 0 Å². The van der Waals surface area contributed by atoms with Gasteiger partial charge in [0.2, 0.25) is 0 Å². The van der Waals surface area contributed by atoms with Gasteiger partial charge in [0.15, 0.2) is 0 Å². The number of nitrogens with one attached hydrogen (secondary N) is 1. The first kappa shape index (κ1) is 15.0. The predicted octanol–water partition coefficient (Wildman–Crippen LogP) is 2.95. The molecule has 0 amide bonds. The molecule has 0 bridgehead atoms. The second-order valence-corrected chi connectivity index (χ2v) is 5.35. The van der Waals surface area contributed by atoms with Crippen LogP contribution in [0.4, 0.5) is 13.2 Å². The van der Waals surface area contributed by atoms with Gasteiger partial charge < -0.3 is 0 Å². The van der Waals surface area contributed by atoms with Crippen molar-refractivity contribution in [1.82, 2.24) is 25.1 Å². The summed E-state index contributed by atoms with van der Waals surface area (Å²) in [5, 5.41) is 6.66. The molecule has 0 unspecified atom stereocenters. The summed E-state index contributed by atoms with van der Waals surface area (Å²) in [4.78, 5) is 10.1. The average molecular weight is 311 g/mol. The van der Waals surface area contributed by atoms with E-state index in [1.165, 1.54) is 18.6 Å². The molecule has 0 aromatic carbocycles. The summed E-state index contributed by atoms with van der Waals surface area (Å²) < 4.78 is 39.3. The molecule has 1 atom stereocenters. The number of hydrogen-bond donors (Lipinski definition) is 1. The lowest BCUT2D eigenvalue weighted by molar-refractivity contribution is -0.138. The number of pyridine rings is 1. The molecule has 2 aromatic rings. The van der Waals surface area contributed by atoms with Crippen LogP contribution in [0.1, 0.15) is 42.4 Å². The molecule has 1 aliphatic rings. The van der Waals surface area contributed by atoms with Crippen molar-refractivity contribution in [3.63, 3.8) is 0 Å². The Hall–Kier alpha value is -1.96. The number of hydrogen-bond acceptors (Lipinski definition) is 4. The summed E-state index contributed by atoms with van der Waals surface area (Å²) in [6.07, 6.45) is 1.27. The molecule has 1 fully saturated rings. The Morgan fingerprint density at radius 3 is 2.86 bits per heavy atom. The summed E-state index contributed by atoms with van der Waals surface area (Å²) in [6, 6.07) is 2.35. The molecule has 1 saturated heterocycles. The number of rotatable bonds is 3. The Morgan fingerprint density at radius 2 is 2.14 bits per heavy atom. The van der Waals surface area contributed by atoms with Gasteiger partial charge in [0, 0.05) is 12.7 Å². The van der Waals surface area contributed by atoms with Crippen LogP contribution in [-0.4, -0.2) is 31.6 Å². The molecule has 0 saturated carbocycles. The Balaban J connectivity index is 1.85. The maximum absolute atomic E-state index is 13.1. The summed E-state index contributed by atoms with van der Waals surface area (Å²) >= 11 is 0. The fraction of sp³-hybridized carbons (Fsp3) is 0.500. The van der Waals surface area contributed by atoms with Crippen molar-refractivity contribution in [2.75, 3.05) is 6.54 Å². The van der Waals surface area contributed by atoms with Gasteiger partial charge in [-0.25, -0.2) is 4.98 Å². The predicted molar refractivity (Wildman–Crippen MR) is 72.6 cm³/mol. The Morgan fingerprint density at radius 1 is 1.27 bits per heavy atom.